The second kappa shape index (κ2) is 6.71. The van der Waals surface area contributed by atoms with Crippen molar-refractivity contribution < 1.29 is 9.47 Å². The Kier molecular flexibility index (Phi) is 4.05. The minimum Gasteiger partial charge on any atom is -0.497 e. The second-order valence-corrected chi connectivity index (χ2v) is 7.24. The molecule has 5 rings (SSSR count). The molecule has 2 aliphatic heterocycles. The van der Waals surface area contributed by atoms with Crippen molar-refractivity contribution >= 4 is 5.71 Å². The van der Waals surface area contributed by atoms with Crippen molar-refractivity contribution in [2.24, 2.45) is 5.10 Å². The lowest BCUT2D eigenvalue weighted by Gasteiger charge is -2.38. The van der Waals surface area contributed by atoms with Gasteiger partial charge in [-0.2, -0.15) is 5.10 Å². The summed E-state index contributed by atoms with van der Waals surface area (Å²) in [5.74, 6) is 1.79. The van der Waals surface area contributed by atoms with Crippen LogP contribution >= 0.6 is 0 Å². The molecule has 0 radical (unpaired) electrons. The van der Waals surface area contributed by atoms with Crippen molar-refractivity contribution in [1.29, 1.82) is 0 Å². The van der Waals surface area contributed by atoms with E-state index in [0.717, 1.165) is 34.8 Å². The molecule has 4 heteroatoms. The number of para-hydroxylation sites is 1. The van der Waals surface area contributed by atoms with Crippen molar-refractivity contribution in [3.05, 3.63) is 95.1 Å². The number of hydrogen-bond acceptors (Lipinski definition) is 4. The summed E-state index contributed by atoms with van der Waals surface area (Å²) in [7, 11) is 1.69. The number of aryl methyl sites for hydroxylation is 1. The molecule has 4 nitrogen and oxygen atoms in total. The number of hydrogen-bond donors (Lipinski definition) is 0. The molecule has 0 amide bonds. The number of fused-ring (bicyclic) bond motifs is 3. The van der Waals surface area contributed by atoms with Crippen molar-refractivity contribution in [3.8, 4) is 11.5 Å². The molecule has 0 bridgehead atoms. The van der Waals surface area contributed by atoms with E-state index in [2.05, 4.69) is 60.5 Å². The minimum atomic E-state index is -0.232. The fraction of sp³-hybridized carbons (Fsp3) is 0.208. The number of ether oxygens (including phenoxy) is 2. The van der Waals surface area contributed by atoms with E-state index in [1.165, 1.54) is 11.1 Å². The van der Waals surface area contributed by atoms with Crippen molar-refractivity contribution in [3.63, 3.8) is 0 Å². The van der Waals surface area contributed by atoms with Crippen LogP contribution in [0.3, 0.4) is 0 Å². The molecule has 3 aromatic carbocycles. The molecule has 0 N–H and O–H groups in total. The number of hydrazone groups is 1. The number of rotatable bonds is 3. The highest BCUT2D eigenvalue weighted by Gasteiger charge is 2.41. The Hall–Kier alpha value is -3.27. The van der Waals surface area contributed by atoms with Crippen molar-refractivity contribution in [2.75, 3.05) is 7.11 Å². The van der Waals surface area contributed by atoms with E-state index in [-0.39, 0.29) is 12.3 Å². The van der Waals surface area contributed by atoms with Gasteiger partial charge < -0.3 is 9.47 Å². The number of methoxy groups -OCH3 is 1. The largest absolute Gasteiger partial charge is 0.497 e. The molecular formula is C24H22N2O2. The maximum absolute atomic E-state index is 6.44. The van der Waals surface area contributed by atoms with Gasteiger partial charge in [0.25, 0.3) is 0 Å². The van der Waals surface area contributed by atoms with Crippen LogP contribution in [0.2, 0.25) is 0 Å². The lowest BCUT2D eigenvalue weighted by Crippen LogP contribution is -2.34. The maximum Gasteiger partial charge on any atom is 0.214 e. The molecule has 2 heterocycles. The number of benzene rings is 3. The first-order valence-corrected chi connectivity index (χ1v) is 9.56. The summed E-state index contributed by atoms with van der Waals surface area (Å²) >= 11 is 0. The van der Waals surface area contributed by atoms with E-state index in [1.807, 2.05) is 24.3 Å². The standard InChI is InChI=1S/C24H22N2O2/c1-16-8-3-4-11-19(16)24-26-22(20-12-5-6-13-23(20)28-24)15-21(25-26)17-9-7-10-18(14-17)27-2/h3-14,22,24H,15H2,1-2H3/t22-,24+/m0/s1. The summed E-state index contributed by atoms with van der Waals surface area (Å²) in [6, 6.07) is 24.9. The maximum atomic E-state index is 6.44. The highest BCUT2D eigenvalue weighted by molar-refractivity contribution is 6.02. The molecule has 0 aromatic heterocycles. The first-order valence-electron chi connectivity index (χ1n) is 9.56. The second-order valence-electron chi connectivity index (χ2n) is 7.24. The van der Waals surface area contributed by atoms with Gasteiger partial charge in [-0.05, 0) is 30.7 Å². The molecule has 28 heavy (non-hydrogen) atoms. The molecule has 3 aromatic rings. The molecule has 0 unspecified atom stereocenters. The van der Waals surface area contributed by atoms with Gasteiger partial charge in [0.05, 0.1) is 18.9 Å². The molecule has 0 aliphatic carbocycles. The van der Waals surface area contributed by atoms with E-state index in [0.29, 0.717) is 0 Å². The summed E-state index contributed by atoms with van der Waals surface area (Å²) < 4.78 is 11.8. The van der Waals surface area contributed by atoms with Gasteiger partial charge in [0.15, 0.2) is 0 Å². The van der Waals surface area contributed by atoms with Gasteiger partial charge in [-0.1, -0.05) is 54.6 Å². The van der Waals surface area contributed by atoms with Gasteiger partial charge in [-0.25, -0.2) is 5.01 Å². The van der Waals surface area contributed by atoms with Crippen LogP contribution in [-0.4, -0.2) is 17.8 Å². The molecular weight excluding hydrogens is 348 g/mol. The van der Waals surface area contributed by atoms with Gasteiger partial charge >= 0.3 is 0 Å². The highest BCUT2D eigenvalue weighted by atomic mass is 16.5. The molecule has 140 valence electrons. The van der Waals surface area contributed by atoms with Crippen LogP contribution < -0.4 is 9.47 Å². The van der Waals surface area contributed by atoms with Crippen LogP contribution in [0.15, 0.2) is 77.9 Å². The van der Waals surface area contributed by atoms with Gasteiger partial charge in [-0.15, -0.1) is 0 Å². The van der Waals surface area contributed by atoms with Gasteiger partial charge in [0, 0.05) is 23.1 Å². The van der Waals surface area contributed by atoms with E-state index >= 15 is 0 Å². The number of nitrogens with zero attached hydrogens (tertiary/aromatic N) is 2. The van der Waals surface area contributed by atoms with E-state index in [9.17, 15) is 0 Å². The van der Waals surface area contributed by atoms with E-state index in [1.54, 1.807) is 7.11 Å². The molecule has 2 aliphatic rings. The van der Waals surface area contributed by atoms with Crippen LogP contribution in [0, 0.1) is 6.92 Å². The first-order chi connectivity index (χ1) is 13.7. The van der Waals surface area contributed by atoms with Crippen molar-refractivity contribution in [2.45, 2.75) is 25.6 Å². The summed E-state index contributed by atoms with van der Waals surface area (Å²) in [6.45, 7) is 2.12. The van der Waals surface area contributed by atoms with Gasteiger partial charge in [-0.3, -0.25) is 0 Å². The average Bonchev–Trinajstić information content (AvgIpc) is 3.19. The summed E-state index contributed by atoms with van der Waals surface area (Å²) in [5, 5.41) is 7.15. The molecule has 0 fully saturated rings. The van der Waals surface area contributed by atoms with Crippen LogP contribution in [0.25, 0.3) is 0 Å². The fourth-order valence-corrected chi connectivity index (χ4v) is 4.08. The highest BCUT2D eigenvalue weighted by Crippen LogP contribution is 2.47. The zero-order chi connectivity index (χ0) is 19.1. The molecule has 0 spiro atoms. The summed E-state index contributed by atoms with van der Waals surface area (Å²) in [6.07, 6.45) is 0.611. The lowest BCUT2D eigenvalue weighted by molar-refractivity contribution is -0.0194. The normalized spacial score (nSPS) is 20.1. The Morgan fingerprint density at radius 1 is 0.964 bits per heavy atom. The smallest absolute Gasteiger partial charge is 0.214 e. The van der Waals surface area contributed by atoms with Gasteiger partial charge in [0.1, 0.15) is 11.5 Å². The van der Waals surface area contributed by atoms with Gasteiger partial charge in [0.2, 0.25) is 6.23 Å². The van der Waals surface area contributed by atoms with Crippen LogP contribution in [0.5, 0.6) is 11.5 Å². The summed E-state index contributed by atoms with van der Waals surface area (Å²) in [5.41, 5.74) is 5.69. The Bertz CT molecular complexity index is 1060. The minimum absolute atomic E-state index is 0.163. The van der Waals surface area contributed by atoms with Crippen LogP contribution in [0.1, 0.15) is 40.9 Å². The Labute approximate surface area is 165 Å². The van der Waals surface area contributed by atoms with Crippen LogP contribution in [0.4, 0.5) is 0 Å². The predicted octanol–water partition coefficient (Wildman–Crippen LogP) is 5.25. The summed E-state index contributed by atoms with van der Waals surface area (Å²) in [4.78, 5) is 0. The lowest BCUT2D eigenvalue weighted by atomic mass is 9.95. The zero-order valence-corrected chi connectivity index (χ0v) is 16.0. The first kappa shape index (κ1) is 16.9. The van der Waals surface area contributed by atoms with Crippen molar-refractivity contribution in [1.82, 2.24) is 5.01 Å². The molecule has 0 saturated heterocycles. The third-order valence-corrected chi connectivity index (χ3v) is 5.56. The monoisotopic (exact) mass is 370 g/mol. The molecule has 2 atom stereocenters. The quantitative estimate of drug-likeness (QED) is 0.632. The topological polar surface area (TPSA) is 34.1 Å². The molecule has 0 saturated carbocycles. The van der Waals surface area contributed by atoms with Crippen LogP contribution in [-0.2, 0) is 0 Å². The average molecular weight is 370 g/mol. The predicted molar refractivity (Wildman–Crippen MR) is 110 cm³/mol. The Balaban J connectivity index is 1.60. The third-order valence-electron chi connectivity index (χ3n) is 5.56. The zero-order valence-electron chi connectivity index (χ0n) is 16.0. The Morgan fingerprint density at radius 2 is 1.75 bits per heavy atom. The third kappa shape index (κ3) is 2.73. The fourth-order valence-electron chi connectivity index (χ4n) is 4.08. The van der Waals surface area contributed by atoms with E-state index in [4.69, 9.17) is 14.6 Å². The van der Waals surface area contributed by atoms with E-state index < -0.39 is 0 Å². The SMILES string of the molecule is COc1cccc(C2=NN3[C@@H](c4ccccc4C)Oc4ccccc4[C@@H]3C2)c1. The Morgan fingerprint density at radius 3 is 2.57 bits per heavy atom.